The van der Waals surface area contributed by atoms with Gasteiger partial charge in [-0.15, -0.1) is 5.53 Å². The molecule has 3 nitrogen and oxygen atoms in total. The molecule has 3 atom stereocenters. The second kappa shape index (κ2) is 5.01. The van der Waals surface area contributed by atoms with E-state index < -0.39 is 0 Å². The third-order valence-corrected chi connectivity index (χ3v) is 5.18. The Kier molecular flexibility index (Phi) is 3.50. The number of allylic oxidation sites excluding steroid dienone is 2. The fourth-order valence-corrected chi connectivity index (χ4v) is 4.22. The number of nitrogens with one attached hydrogen (secondary N) is 2. The minimum Gasteiger partial charge on any atom is -0.306 e. The zero-order valence-corrected chi connectivity index (χ0v) is 12.9. The molecule has 1 heterocycles. The Bertz CT molecular complexity index is 372. The van der Waals surface area contributed by atoms with Crippen molar-refractivity contribution in [1.82, 2.24) is 16.0 Å². The molecule has 0 amide bonds. The van der Waals surface area contributed by atoms with Gasteiger partial charge in [0.1, 0.15) is 0 Å². The number of hydrazine groups is 2. The Morgan fingerprint density at radius 1 is 1.11 bits per heavy atom. The van der Waals surface area contributed by atoms with Gasteiger partial charge in [0.2, 0.25) is 0 Å². The van der Waals surface area contributed by atoms with Gasteiger partial charge in [-0.25, -0.2) is 0 Å². The SMILES string of the molecule is CC(C)CC1C2CCC3=C(CCC21)N(C(C)C)NN3. The molecular weight excluding hydrogens is 234 g/mol. The molecule has 3 rings (SSSR count). The molecule has 0 aromatic heterocycles. The molecule has 0 aromatic rings. The van der Waals surface area contributed by atoms with Crippen LogP contribution < -0.4 is 11.0 Å². The van der Waals surface area contributed by atoms with Gasteiger partial charge < -0.3 is 5.43 Å². The van der Waals surface area contributed by atoms with Crippen molar-refractivity contribution in [2.45, 2.75) is 65.8 Å². The summed E-state index contributed by atoms with van der Waals surface area (Å²) in [7, 11) is 0. The van der Waals surface area contributed by atoms with Gasteiger partial charge in [-0.1, -0.05) is 13.8 Å². The quantitative estimate of drug-likeness (QED) is 0.817. The zero-order chi connectivity index (χ0) is 13.6. The molecule has 0 aromatic carbocycles. The number of fused-ring (bicyclic) bond motifs is 1. The minimum absolute atomic E-state index is 0.529. The lowest BCUT2D eigenvalue weighted by Gasteiger charge is -2.25. The van der Waals surface area contributed by atoms with Gasteiger partial charge in [0.25, 0.3) is 0 Å². The van der Waals surface area contributed by atoms with Crippen LogP contribution >= 0.6 is 0 Å². The maximum Gasteiger partial charge on any atom is 0.0518 e. The first-order chi connectivity index (χ1) is 9.08. The highest BCUT2D eigenvalue weighted by atomic mass is 15.7. The standard InChI is InChI=1S/C16H29N3/c1-10(2)9-14-12-5-7-15-16(8-6-13(12)14)19(11(3)4)18-17-15/h10-14,17-18H,5-9H2,1-4H3. The van der Waals surface area contributed by atoms with Crippen LogP contribution in [0.15, 0.2) is 11.4 Å². The average molecular weight is 263 g/mol. The monoisotopic (exact) mass is 263 g/mol. The Morgan fingerprint density at radius 3 is 2.42 bits per heavy atom. The van der Waals surface area contributed by atoms with Crippen molar-refractivity contribution in [3.8, 4) is 0 Å². The Labute approximate surface area is 117 Å². The number of nitrogens with zero attached hydrogens (tertiary/aromatic N) is 1. The van der Waals surface area contributed by atoms with Gasteiger partial charge >= 0.3 is 0 Å². The maximum atomic E-state index is 3.41. The third-order valence-electron chi connectivity index (χ3n) is 5.18. The van der Waals surface area contributed by atoms with Crippen molar-refractivity contribution in [2.75, 3.05) is 0 Å². The highest BCUT2D eigenvalue weighted by Crippen LogP contribution is 2.56. The first-order valence-corrected chi connectivity index (χ1v) is 8.10. The number of rotatable bonds is 3. The number of hydrogen-bond acceptors (Lipinski definition) is 3. The van der Waals surface area contributed by atoms with E-state index in [2.05, 4.69) is 43.7 Å². The van der Waals surface area contributed by atoms with E-state index in [0.29, 0.717) is 6.04 Å². The van der Waals surface area contributed by atoms with Crippen molar-refractivity contribution < 1.29 is 0 Å². The van der Waals surface area contributed by atoms with Crippen LogP contribution in [0.4, 0.5) is 0 Å². The van der Waals surface area contributed by atoms with E-state index in [4.69, 9.17) is 0 Å². The lowest BCUT2D eigenvalue weighted by molar-refractivity contribution is 0.194. The normalized spacial score (nSPS) is 34.0. The van der Waals surface area contributed by atoms with E-state index in [1.807, 2.05) is 0 Å². The molecule has 1 saturated carbocycles. The summed E-state index contributed by atoms with van der Waals surface area (Å²) in [4.78, 5) is 0. The van der Waals surface area contributed by atoms with Crippen molar-refractivity contribution >= 4 is 0 Å². The average Bonchev–Trinajstić information content (AvgIpc) is 2.78. The van der Waals surface area contributed by atoms with Gasteiger partial charge in [-0.3, -0.25) is 5.01 Å². The predicted octanol–water partition coefficient (Wildman–Crippen LogP) is 3.41. The molecule has 3 heteroatoms. The van der Waals surface area contributed by atoms with E-state index in [0.717, 1.165) is 23.7 Å². The van der Waals surface area contributed by atoms with Gasteiger partial charge in [0, 0.05) is 11.7 Å². The van der Waals surface area contributed by atoms with E-state index in [-0.39, 0.29) is 0 Å². The Morgan fingerprint density at radius 2 is 1.79 bits per heavy atom. The first kappa shape index (κ1) is 13.3. The van der Waals surface area contributed by atoms with Crippen LogP contribution in [0.2, 0.25) is 0 Å². The lowest BCUT2D eigenvalue weighted by atomic mass is 10.0. The molecule has 3 aliphatic rings. The molecule has 108 valence electrons. The van der Waals surface area contributed by atoms with Crippen LogP contribution in [0, 0.1) is 23.7 Å². The molecule has 0 radical (unpaired) electrons. The maximum absolute atomic E-state index is 3.41. The Balaban J connectivity index is 1.65. The lowest BCUT2D eigenvalue weighted by Crippen LogP contribution is -2.42. The zero-order valence-electron chi connectivity index (χ0n) is 12.9. The first-order valence-electron chi connectivity index (χ1n) is 8.10. The number of hydrogen-bond donors (Lipinski definition) is 2. The molecule has 1 aliphatic heterocycles. The van der Waals surface area contributed by atoms with E-state index in [9.17, 15) is 0 Å². The van der Waals surface area contributed by atoms with E-state index in [1.165, 1.54) is 43.5 Å². The second-order valence-corrected chi connectivity index (χ2v) is 7.32. The fourth-order valence-electron chi connectivity index (χ4n) is 4.22. The molecule has 1 fully saturated rings. The van der Waals surface area contributed by atoms with Crippen molar-refractivity contribution in [3.05, 3.63) is 11.4 Å². The van der Waals surface area contributed by atoms with Gasteiger partial charge in [0.15, 0.2) is 0 Å². The molecule has 2 N–H and O–H groups in total. The summed E-state index contributed by atoms with van der Waals surface area (Å²) < 4.78 is 0. The molecule has 3 unspecified atom stereocenters. The van der Waals surface area contributed by atoms with Gasteiger partial charge in [-0.05, 0) is 69.6 Å². The topological polar surface area (TPSA) is 27.3 Å². The third kappa shape index (κ3) is 2.49. The summed E-state index contributed by atoms with van der Waals surface area (Å²) >= 11 is 0. The molecule has 0 bridgehead atoms. The Hall–Kier alpha value is -0.700. The second-order valence-electron chi connectivity index (χ2n) is 7.32. The van der Waals surface area contributed by atoms with Crippen LogP contribution in [0.3, 0.4) is 0 Å². The summed E-state index contributed by atoms with van der Waals surface area (Å²) in [6.45, 7) is 9.25. The van der Waals surface area contributed by atoms with Gasteiger partial charge in [-0.2, -0.15) is 0 Å². The highest BCUT2D eigenvalue weighted by molar-refractivity contribution is 5.18. The van der Waals surface area contributed by atoms with Gasteiger partial charge in [0.05, 0.1) is 5.70 Å². The van der Waals surface area contributed by atoms with Crippen molar-refractivity contribution in [2.24, 2.45) is 23.7 Å². The molecule has 2 aliphatic carbocycles. The van der Waals surface area contributed by atoms with E-state index >= 15 is 0 Å². The van der Waals surface area contributed by atoms with Crippen molar-refractivity contribution in [1.29, 1.82) is 0 Å². The molecule has 0 spiro atoms. The summed E-state index contributed by atoms with van der Waals surface area (Å²) in [6, 6.07) is 0.529. The molecule has 0 saturated heterocycles. The predicted molar refractivity (Wildman–Crippen MR) is 78.7 cm³/mol. The summed E-state index contributed by atoms with van der Waals surface area (Å²) in [5.41, 5.74) is 9.74. The van der Waals surface area contributed by atoms with Crippen molar-refractivity contribution in [3.63, 3.8) is 0 Å². The summed E-state index contributed by atoms with van der Waals surface area (Å²) in [5, 5.41) is 2.33. The fraction of sp³-hybridized carbons (Fsp3) is 0.875. The molecule has 19 heavy (non-hydrogen) atoms. The van der Waals surface area contributed by atoms with Crippen LogP contribution in [0.5, 0.6) is 0 Å². The highest BCUT2D eigenvalue weighted by Gasteiger charge is 2.49. The largest absolute Gasteiger partial charge is 0.306 e. The van der Waals surface area contributed by atoms with Crippen LogP contribution in [-0.2, 0) is 0 Å². The molecular formula is C16H29N3. The minimum atomic E-state index is 0.529. The van der Waals surface area contributed by atoms with Crippen LogP contribution in [0.1, 0.15) is 59.8 Å². The summed E-state index contributed by atoms with van der Waals surface area (Å²) in [6.07, 6.45) is 6.72. The smallest absolute Gasteiger partial charge is 0.0518 e. The van der Waals surface area contributed by atoms with Crippen LogP contribution in [0.25, 0.3) is 0 Å². The van der Waals surface area contributed by atoms with Crippen LogP contribution in [-0.4, -0.2) is 11.1 Å². The summed E-state index contributed by atoms with van der Waals surface area (Å²) in [5.74, 6) is 3.93. The van der Waals surface area contributed by atoms with E-state index in [1.54, 1.807) is 0 Å².